The predicted octanol–water partition coefficient (Wildman–Crippen LogP) is 3.39. The lowest BCUT2D eigenvalue weighted by Gasteiger charge is -2.21. The average Bonchev–Trinajstić information content (AvgIpc) is 2.98. The zero-order chi connectivity index (χ0) is 14.5. The zero-order valence-electron chi connectivity index (χ0n) is 11.7. The molecule has 0 aliphatic rings. The van der Waals surface area contributed by atoms with Crippen LogP contribution in [-0.2, 0) is 0 Å². The molecule has 2 heterocycles. The highest BCUT2D eigenvalue weighted by atomic mass is 32.2. The van der Waals surface area contributed by atoms with Crippen LogP contribution in [0.3, 0.4) is 0 Å². The summed E-state index contributed by atoms with van der Waals surface area (Å²) in [4.78, 5) is 21.7. The molecule has 0 unspecified atom stereocenters. The van der Waals surface area contributed by atoms with Gasteiger partial charge in [-0.1, -0.05) is 31.7 Å². The molecule has 1 atom stereocenters. The molecule has 2 rings (SSSR count). The van der Waals surface area contributed by atoms with E-state index in [2.05, 4.69) is 29.1 Å². The van der Waals surface area contributed by atoms with Gasteiger partial charge in [0.15, 0.2) is 5.16 Å². The summed E-state index contributed by atoms with van der Waals surface area (Å²) in [5.74, 6) is 0.189. The Bertz CT molecular complexity index is 552. The van der Waals surface area contributed by atoms with Crippen LogP contribution in [0.25, 0.3) is 0 Å². The molecule has 20 heavy (non-hydrogen) atoms. The van der Waals surface area contributed by atoms with Crippen LogP contribution in [-0.4, -0.2) is 22.1 Å². The van der Waals surface area contributed by atoms with Crippen molar-refractivity contribution < 1.29 is 4.79 Å². The molecule has 0 fully saturated rings. The number of amides is 1. The molecule has 2 aromatic heterocycles. The van der Waals surface area contributed by atoms with Crippen LogP contribution in [0.15, 0.2) is 35.1 Å². The van der Waals surface area contributed by atoms with E-state index in [1.54, 1.807) is 23.7 Å². The third kappa shape index (κ3) is 3.58. The van der Waals surface area contributed by atoms with E-state index < -0.39 is 0 Å². The highest BCUT2D eigenvalue weighted by molar-refractivity contribution is 7.98. The smallest absolute Gasteiger partial charge is 0.254 e. The normalized spacial score (nSPS) is 12.4. The van der Waals surface area contributed by atoms with Crippen molar-refractivity contribution in [1.29, 1.82) is 0 Å². The van der Waals surface area contributed by atoms with Gasteiger partial charge in [-0.25, -0.2) is 9.97 Å². The van der Waals surface area contributed by atoms with Crippen molar-refractivity contribution in [3.63, 3.8) is 0 Å². The average molecular weight is 307 g/mol. The van der Waals surface area contributed by atoms with Crippen LogP contribution in [0.2, 0.25) is 0 Å². The van der Waals surface area contributed by atoms with Crippen LogP contribution in [0, 0.1) is 5.92 Å². The van der Waals surface area contributed by atoms with Crippen molar-refractivity contribution in [3.8, 4) is 0 Å². The number of aromatic nitrogens is 2. The SMILES string of the molecule is CSc1ncc(C(=O)N[C@H](c2cccs2)C(C)C)cn1. The number of nitrogens with one attached hydrogen (secondary N) is 1. The van der Waals surface area contributed by atoms with E-state index in [-0.39, 0.29) is 11.9 Å². The van der Waals surface area contributed by atoms with E-state index in [0.717, 1.165) is 4.88 Å². The summed E-state index contributed by atoms with van der Waals surface area (Å²) in [6.45, 7) is 4.19. The van der Waals surface area contributed by atoms with Crippen molar-refractivity contribution >= 4 is 29.0 Å². The van der Waals surface area contributed by atoms with Crippen LogP contribution in [0.4, 0.5) is 0 Å². The van der Waals surface area contributed by atoms with Crippen molar-refractivity contribution in [3.05, 3.63) is 40.3 Å². The van der Waals surface area contributed by atoms with Crippen LogP contribution < -0.4 is 5.32 Å². The van der Waals surface area contributed by atoms with Crippen LogP contribution >= 0.6 is 23.1 Å². The van der Waals surface area contributed by atoms with E-state index in [0.29, 0.717) is 16.6 Å². The van der Waals surface area contributed by atoms with Crippen LogP contribution in [0.5, 0.6) is 0 Å². The first-order valence-corrected chi connectivity index (χ1v) is 8.42. The van der Waals surface area contributed by atoms with Gasteiger partial charge < -0.3 is 5.32 Å². The van der Waals surface area contributed by atoms with E-state index in [1.807, 2.05) is 23.8 Å². The molecule has 0 bridgehead atoms. The summed E-state index contributed by atoms with van der Waals surface area (Å²) in [5.41, 5.74) is 0.491. The molecule has 0 spiro atoms. The molecular weight excluding hydrogens is 290 g/mol. The first-order valence-electron chi connectivity index (χ1n) is 6.32. The Labute approximate surface area is 127 Å². The summed E-state index contributed by atoms with van der Waals surface area (Å²) in [7, 11) is 0. The van der Waals surface area contributed by atoms with Gasteiger partial charge in [0.2, 0.25) is 0 Å². The lowest BCUT2D eigenvalue weighted by atomic mass is 10.0. The third-order valence-electron chi connectivity index (χ3n) is 2.88. The Morgan fingerprint density at radius 2 is 2.05 bits per heavy atom. The summed E-state index contributed by atoms with van der Waals surface area (Å²) >= 11 is 3.11. The summed E-state index contributed by atoms with van der Waals surface area (Å²) in [6.07, 6.45) is 5.04. The predicted molar refractivity (Wildman–Crippen MR) is 83.2 cm³/mol. The Hall–Kier alpha value is -1.40. The first-order chi connectivity index (χ1) is 9.61. The number of rotatable bonds is 5. The summed E-state index contributed by atoms with van der Waals surface area (Å²) in [5, 5.41) is 5.75. The molecule has 0 saturated heterocycles. The van der Waals surface area contributed by atoms with E-state index in [1.165, 1.54) is 11.8 Å². The molecule has 4 nitrogen and oxygen atoms in total. The fourth-order valence-electron chi connectivity index (χ4n) is 1.80. The number of hydrogen-bond acceptors (Lipinski definition) is 5. The van der Waals surface area contributed by atoms with Crippen molar-refractivity contribution in [2.45, 2.75) is 25.0 Å². The Morgan fingerprint density at radius 1 is 1.35 bits per heavy atom. The Balaban J connectivity index is 2.12. The number of hydrogen-bond donors (Lipinski definition) is 1. The lowest BCUT2D eigenvalue weighted by Crippen LogP contribution is -2.31. The van der Waals surface area contributed by atoms with E-state index in [4.69, 9.17) is 0 Å². The largest absolute Gasteiger partial charge is 0.344 e. The van der Waals surface area contributed by atoms with Gasteiger partial charge in [0, 0.05) is 17.3 Å². The highest BCUT2D eigenvalue weighted by Crippen LogP contribution is 2.26. The van der Waals surface area contributed by atoms with Crippen LogP contribution in [0.1, 0.15) is 35.1 Å². The second kappa shape index (κ2) is 6.85. The van der Waals surface area contributed by atoms with Gasteiger partial charge in [-0.15, -0.1) is 11.3 Å². The minimum absolute atomic E-state index is 0.0164. The molecule has 0 aliphatic heterocycles. The lowest BCUT2D eigenvalue weighted by molar-refractivity contribution is 0.0925. The number of thiophene rings is 1. The molecule has 1 N–H and O–H groups in total. The molecule has 106 valence electrons. The molecule has 6 heteroatoms. The fourth-order valence-corrected chi connectivity index (χ4v) is 3.06. The Morgan fingerprint density at radius 3 is 2.55 bits per heavy atom. The van der Waals surface area contributed by atoms with Gasteiger partial charge in [0.05, 0.1) is 11.6 Å². The van der Waals surface area contributed by atoms with Crippen molar-refractivity contribution in [1.82, 2.24) is 15.3 Å². The summed E-state index contributed by atoms with van der Waals surface area (Å²) < 4.78 is 0. The minimum atomic E-state index is -0.134. The zero-order valence-corrected chi connectivity index (χ0v) is 13.3. The number of thioether (sulfide) groups is 1. The molecule has 2 aromatic rings. The first kappa shape index (κ1) is 15.0. The van der Waals surface area contributed by atoms with Crippen molar-refractivity contribution in [2.75, 3.05) is 6.26 Å². The topological polar surface area (TPSA) is 54.9 Å². The monoisotopic (exact) mass is 307 g/mol. The summed E-state index contributed by atoms with van der Waals surface area (Å²) in [6, 6.07) is 4.06. The molecule has 0 saturated carbocycles. The van der Waals surface area contributed by atoms with Gasteiger partial charge in [-0.2, -0.15) is 0 Å². The van der Waals surface area contributed by atoms with E-state index in [9.17, 15) is 4.79 Å². The third-order valence-corrected chi connectivity index (χ3v) is 4.41. The molecule has 0 radical (unpaired) electrons. The number of carbonyl (C=O) groups is 1. The fraction of sp³-hybridized carbons (Fsp3) is 0.357. The maximum Gasteiger partial charge on any atom is 0.254 e. The van der Waals surface area contributed by atoms with Gasteiger partial charge in [-0.3, -0.25) is 4.79 Å². The quantitative estimate of drug-likeness (QED) is 0.679. The van der Waals surface area contributed by atoms with Gasteiger partial charge in [0.25, 0.3) is 5.91 Å². The number of nitrogens with zero attached hydrogens (tertiary/aromatic N) is 2. The second-order valence-electron chi connectivity index (χ2n) is 4.67. The maximum absolute atomic E-state index is 12.3. The van der Waals surface area contributed by atoms with Gasteiger partial charge in [-0.05, 0) is 23.6 Å². The maximum atomic E-state index is 12.3. The standard InChI is InChI=1S/C14H17N3OS2/c1-9(2)12(11-5-4-6-20-11)17-13(18)10-7-15-14(19-3)16-8-10/h4-9,12H,1-3H3,(H,17,18)/t12-/m0/s1. The van der Waals surface area contributed by atoms with Gasteiger partial charge >= 0.3 is 0 Å². The number of carbonyl (C=O) groups excluding carboxylic acids is 1. The molecular formula is C14H17N3OS2. The molecule has 0 aromatic carbocycles. The molecule has 1 amide bonds. The Kier molecular flexibility index (Phi) is 5.14. The van der Waals surface area contributed by atoms with E-state index >= 15 is 0 Å². The minimum Gasteiger partial charge on any atom is -0.344 e. The highest BCUT2D eigenvalue weighted by Gasteiger charge is 2.20. The van der Waals surface area contributed by atoms with Crippen molar-refractivity contribution in [2.24, 2.45) is 5.92 Å². The van der Waals surface area contributed by atoms with Gasteiger partial charge in [0.1, 0.15) is 0 Å². The second-order valence-corrected chi connectivity index (χ2v) is 6.42. The molecule has 0 aliphatic carbocycles.